The third-order valence-electron chi connectivity index (χ3n) is 9.72. The van der Waals surface area contributed by atoms with Crippen LogP contribution in [0.3, 0.4) is 0 Å². The predicted molar refractivity (Wildman–Crippen MR) is 220 cm³/mol. The van der Waals surface area contributed by atoms with E-state index < -0.39 is 43.1 Å². The number of aromatic amines is 1. The lowest BCUT2D eigenvalue weighted by molar-refractivity contribution is -0.0937. The normalized spacial score (nSPS) is 17.8. The van der Waals surface area contributed by atoms with Gasteiger partial charge in [0.05, 0.1) is 25.3 Å². The molecule has 0 spiro atoms. The molecule has 0 radical (unpaired) electrons. The van der Waals surface area contributed by atoms with Gasteiger partial charge in [0.25, 0.3) is 5.56 Å². The number of aromatic nitrogens is 3. The minimum absolute atomic E-state index is 0.0179. The van der Waals surface area contributed by atoms with Crippen molar-refractivity contribution in [2.45, 2.75) is 43.8 Å². The molecular formula is C43H40Cl2N3O9P. The number of rotatable bonds is 16. The summed E-state index contributed by atoms with van der Waals surface area (Å²) in [4.78, 5) is 31.9. The Hall–Kier alpha value is -5.04. The molecule has 0 bridgehead atoms. The molecule has 15 heteroatoms. The fourth-order valence-corrected chi connectivity index (χ4v) is 8.59. The molecule has 0 saturated carbocycles. The number of phosphoric ester groups is 1. The topological polar surface area (TPSA) is 140 Å². The minimum Gasteiger partial charge on any atom is -0.497 e. The number of hydrogen-bond donors (Lipinski definition) is 1. The Kier molecular flexibility index (Phi) is 13.0. The van der Waals surface area contributed by atoms with Crippen molar-refractivity contribution in [1.29, 1.82) is 0 Å². The van der Waals surface area contributed by atoms with Crippen LogP contribution in [-0.4, -0.2) is 47.1 Å². The molecule has 2 aromatic heterocycles. The summed E-state index contributed by atoms with van der Waals surface area (Å²) in [6.45, 7) is 1.36. The van der Waals surface area contributed by atoms with E-state index in [-0.39, 0.29) is 41.0 Å². The molecule has 6 aromatic rings. The Morgan fingerprint density at radius 2 is 1.55 bits per heavy atom. The van der Waals surface area contributed by atoms with Gasteiger partial charge in [0.1, 0.15) is 29.8 Å². The van der Waals surface area contributed by atoms with Gasteiger partial charge in [-0.3, -0.25) is 28.4 Å². The number of methoxy groups -OCH3 is 1. The van der Waals surface area contributed by atoms with Gasteiger partial charge in [0.2, 0.25) is 0 Å². The van der Waals surface area contributed by atoms with E-state index in [1.54, 1.807) is 32.5 Å². The lowest BCUT2D eigenvalue weighted by atomic mass is 9.80. The highest BCUT2D eigenvalue weighted by Crippen LogP contribution is 2.55. The molecule has 12 nitrogen and oxygen atoms in total. The van der Waals surface area contributed by atoms with Gasteiger partial charge in [0, 0.05) is 41.7 Å². The summed E-state index contributed by atoms with van der Waals surface area (Å²) in [5.74, 6) is 0.638. The molecule has 300 valence electrons. The standard InChI is InChI=1S/C43H40Cl2N3O9P/c1-29-27-48(42(50)47-41(29)49)40-26-38(57-58(51,54-24-21-30-19-22-46-23-20-30)56-37-25-34(44)15-18-36(37)45)39(55-40)28-53-43(31-9-5-3-6-10-31,32-11-7-4-8-12-32)33-13-16-35(52-2)17-14-33/h3-20,22-23,25,27,38-40H,21,24,26,28H2,1-2H3,(H,47,49,50)/t38-,39+,40+,58?/m0/s1. The quantitative estimate of drug-likeness (QED) is 0.0744. The van der Waals surface area contributed by atoms with E-state index in [0.29, 0.717) is 12.2 Å². The molecule has 1 unspecified atom stereocenters. The molecule has 58 heavy (non-hydrogen) atoms. The fraction of sp³-hybridized carbons (Fsp3) is 0.233. The van der Waals surface area contributed by atoms with Crippen molar-refractivity contribution in [2.75, 3.05) is 20.3 Å². The second-order valence-corrected chi connectivity index (χ2v) is 15.9. The molecule has 1 saturated heterocycles. The van der Waals surface area contributed by atoms with Crippen LogP contribution in [0.15, 0.2) is 143 Å². The third-order valence-corrected chi connectivity index (χ3v) is 11.7. The zero-order chi connectivity index (χ0) is 40.7. The van der Waals surface area contributed by atoms with Gasteiger partial charge in [-0.25, -0.2) is 9.36 Å². The average molecular weight is 845 g/mol. The third kappa shape index (κ3) is 9.30. The van der Waals surface area contributed by atoms with Crippen LogP contribution in [0.1, 0.15) is 40.5 Å². The van der Waals surface area contributed by atoms with Crippen molar-refractivity contribution in [3.63, 3.8) is 0 Å². The zero-order valence-electron chi connectivity index (χ0n) is 31.5. The van der Waals surface area contributed by atoms with Crippen molar-refractivity contribution in [3.8, 4) is 11.5 Å². The van der Waals surface area contributed by atoms with Crippen LogP contribution < -0.4 is 20.5 Å². The fourth-order valence-electron chi connectivity index (χ4n) is 6.80. The van der Waals surface area contributed by atoms with Gasteiger partial charge in [-0.2, -0.15) is 0 Å². The number of nitrogens with zero attached hydrogens (tertiary/aromatic N) is 2. The van der Waals surface area contributed by atoms with Crippen LogP contribution in [0.25, 0.3) is 0 Å². The number of benzene rings is 4. The summed E-state index contributed by atoms with van der Waals surface area (Å²) in [6, 6.07) is 35.1. The second kappa shape index (κ2) is 18.3. The number of ether oxygens (including phenoxy) is 3. The lowest BCUT2D eigenvalue weighted by Crippen LogP contribution is -2.38. The highest BCUT2D eigenvalue weighted by Gasteiger charge is 2.46. The number of phosphoric acid groups is 1. The highest BCUT2D eigenvalue weighted by atomic mass is 35.5. The summed E-state index contributed by atoms with van der Waals surface area (Å²) >= 11 is 12.8. The molecule has 0 aliphatic carbocycles. The van der Waals surface area contributed by atoms with E-state index in [2.05, 4.69) is 9.97 Å². The highest BCUT2D eigenvalue weighted by molar-refractivity contribution is 7.49. The minimum atomic E-state index is -4.56. The molecular weight excluding hydrogens is 804 g/mol. The van der Waals surface area contributed by atoms with Gasteiger partial charge in [-0.1, -0.05) is 96.0 Å². The SMILES string of the molecule is COc1ccc(C(OC[C@H]2O[C@@H](n3cc(C)c(=O)[nH]c3=O)C[C@@H]2OP(=O)(OCCc2ccncc2)Oc2cc(Cl)ccc2Cl)(c2ccccc2)c2ccccc2)cc1. The summed E-state index contributed by atoms with van der Waals surface area (Å²) in [7, 11) is -2.96. The van der Waals surface area contributed by atoms with E-state index in [4.69, 9.17) is 51.0 Å². The van der Waals surface area contributed by atoms with E-state index in [1.807, 2.05) is 97.1 Å². The molecule has 4 aromatic carbocycles. The smallest absolute Gasteiger partial charge is 0.497 e. The molecule has 1 N–H and O–H groups in total. The summed E-state index contributed by atoms with van der Waals surface area (Å²) in [6.07, 6.45) is 2.01. The first-order valence-electron chi connectivity index (χ1n) is 18.4. The summed E-state index contributed by atoms with van der Waals surface area (Å²) in [5, 5.41) is 0.402. The first-order chi connectivity index (χ1) is 28.1. The first-order valence-corrected chi connectivity index (χ1v) is 20.6. The molecule has 1 fully saturated rings. The van der Waals surface area contributed by atoms with Crippen LogP contribution in [0.4, 0.5) is 0 Å². The number of hydrogen-bond acceptors (Lipinski definition) is 10. The van der Waals surface area contributed by atoms with Crippen LogP contribution >= 0.6 is 31.0 Å². The maximum atomic E-state index is 14.9. The molecule has 3 heterocycles. The largest absolute Gasteiger partial charge is 0.530 e. The number of H-pyrrole nitrogens is 1. The Labute approximate surface area is 344 Å². The Balaban J connectivity index is 1.28. The van der Waals surface area contributed by atoms with Crippen molar-refractivity contribution < 1.29 is 32.3 Å². The number of halogens is 2. The van der Waals surface area contributed by atoms with E-state index >= 15 is 0 Å². The second-order valence-electron chi connectivity index (χ2n) is 13.5. The van der Waals surface area contributed by atoms with Crippen molar-refractivity contribution >= 4 is 31.0 Å². The average Bonchev–Trinajstić information content (AvgIpc) is 3.63. The number of pyridine rings is 1. The van der Waals surface area contributed by atoms with Gasteiger partial charge < -0.3 is 18.7 Å². The van der Waals surface area contributed by atoms with Crippen LogP contribution in [0.5, 0.6) is 11.5 Å². The maximum absolute atomic E-state index is 14.9. The molecule has 0 amide bonds. The molecule has 1 aliphatic heterocycles. The van der Waals surface area contributed by atoms with E-state index in [1.165, 1.54) is 22.9 Å². The van der Waals surface area contributed by atoms with Gasteiger partial charge >= 0.3 is 13.5 Å². The molecule has 7 rings (SSSR count). The number of nitrogens with one attached hydrogen (secondary N) is 1. The van der Waals surface area contributed by atoms with E-state index in [9.17, 15) is 14.2 Å². The van der Waals surface area contributed by atoms with Crippen molar-refractivity contribution in [1.82, 2.24) is 14.5 Å². The van der Waals surface area contributed by atoms with Gasteiger partial charge in [0.15, 0.2) is 5.75 Å². The molecule has 4 atom stereocenters. The zero-order valence-corrected chi connectivity index (χ0v) is 33.9. The lowest BCUT2D eigenvalue weighted by Gasteiger charge is -2.37. The predicted octanol–water partition coefficient (Wildman–Crippen LogP) is 8.68. The summed E-state index contributed by atoms with van der Waals surface area (Å²) in [5.41, 5.74) is 1.15. The van der Waals surface area contributed by atoms with Crippen LogP contribution in [-0.2, 0) is 35.1 Å². The Morgan fingerprint density at radius 3 is 2.21 bits per heavy atom. The monoisotopic (exact) mass is 843 g/mol. The van der Waals surface area contributed by atoms with Crippen LogP contribution in [0, 0.1) is 6.92 Å². The molecule has 1 aliphatic rings. The first kappa shape index (κ1) is 41.1. The Bertz CT molecular complexity index is 2430. The van der Waals surface area contributed by atoms with Gasteiger partial charge in [-0.15, -0.1) is 0 Å². The van der Waals surface area contributed by atoms with Crippen molar-refractivity contribution in [2.24, 2.45) is 0 Å². The summed E-state index contributed by atoms with van der Waals surface area (Å²) < 4.78 is 53.7. The Morgan fingerprint density at radius 1 is 0.897 bits per heavy atom. The van der Waals surface area contributed by atoms with Gasteiger partial charge in [-0.05, 0) is 72.0 Å². The van der Waals surface area contributed by atoms with E-state index in [0.717, 1.165) is 22.3 Å². The van der Waals surface area contributed by atoms with Crippen molar-refractivity contribution in [3.05, 3.63) is 193 Å². The maximum Gasteiger partial charge on any atom is 0.530 e. The number of aryl methyl sites for hydroxylation is 1. The van der Waals surface area contributed by atoms with Crippen LogP contribution in [0.2, 0.25) is 10.0 Å².